The lowest BCUT2D eigenvalue weighted by atomic mass is 9.49. The van der Waals surface area contributed by atoms with Crippen molar-refractivity contribution in [3.63, 3.8) is 0 Å². The summed E-state index contributed by atoms with van der Waals surface area (Å²) in [6, 6.07) is 1.73. The first-order valence-corrected chi connectivity index (χ1v) is 13.1. The third-order valence-electron chi connectivity index (χ3n) is 9.03. The molecule has 2 saturated heterocycles. The van der Waals surface area contributed by atoms with Gasteiger partial charge in [-0.15, -0.1) is 0 Å². The minimum atomic E-state index is -1.61. The summed E-state index contributed by atoms with van der Waals surface area (Å²) in [5.41, 5.74) is -0.0479. The molecular formula is C26H36O12. The summed E-state index contributed by atoms with van der Waals surface area (Å²) in [6.07, 6.45) is -6.16. The Morgan fingerprint density at radius 1 is 1.16 bits per heavy atom. The predicted molar refractivity (Wildman–Crippen MR) is 125 cm³/mol. The number of furan rings is 1. The van der Waals surface area contributed by atoms with Crippen molar-refractivity contribution in [3.05, 3.63) is 24.2 Å². The zero-order valence-corrected chi connectivity index (χ0v) is 21.3. The van der Waals surface area contributed by atoms with E-state index >= 15 is 0 Å². The highest BCUT2D eigenvalue weighted by Gasteiger charge is 2.63. The predicted octanol–water partition coefficient (Wildman–Crippen LogP) is -0.202. The van der Waals surface area contributed by atoms with Crippen molar-refractivity contribution >= 4 is 11.9 Å². The average Bonchev–Trinajstić information content (AvgIpc) is 3.41. The van der Waals surface area contributed by atoms with Crippen LogP contribution in [0.2, 0.25) is 0 Å². The van der Waals surface area contributed by atoms with Crippen LogP contribution in [0.15, 0.2) is 23.0 Å². The topological polar surface area (TPSA) is 185 Å². The fraction of sp³-hybridized carbons (Fsp3) is 0.769. The maximum absolute atomic E-state index is 13.2. The second-order valence-electron chi connectivity index (χ2n) is 11.3. The highest BCUT2D eigenvalue weighted by Crippen LogP contribution is 2.60. The SMILES string of the molecule is CC(=O)O[C@@H]1[C@@H]2[C@@H](CC[C@H]3C(=O)O[C@@H](c4ccoc4)C[C@]23C)[C@@H](O[C@H]2O[C@H](CO)[C@@H](O)[C@H](O)[C@H]2O)C[C@H]1O. The normalized spacial score (nSPS) is 47.0. The molecule has 12 nitrogen and oxygen atoms in total. The molecule has 0 bridgehead atoms. The van der Waals surface area contributed by atoms with Gasteiger partial charge in [0.05, 0.1) is 37.3 Å². The van der Waals surface area contributed by atoms with Gasteiger partial charge < -0.3 is 48.9 Å². The first-order chi connectivity index (χ1) is 18.0. The summed E-state index contributed by atoms with van der Waals surface area (Å²) in [7, 11) is 0. The number of rotatable bonds is 5. The van der Waals surface area contributed by atoms with Crippen molar-refractivity contribution in [2.24, 2.45) is 23.2 Å². The van der Waals surface area contributed by atoms with E-state index in [-0.39, 0.29) is 18.3 Å². The van der Waals surface area contributed by atoms with E-state index in [0.717, 1.165) is 0 Å². The van der Waals surface area contributed by atoms with Crippen LogP contribution in [0.25, 0.3) is 0 Å². The van der Waals surface area contributed by atoms with Gasteiger partial charge in [-0.3, -0.25) is 9.59 Å². The minimum absolute atomic E-state index is 0.0461. The quantitative estimate of drug-likeness (QED) is 0.310. The van der Waals surface area contributed by atoms with Crippen LogP contribution < -0.4 is 0 Å². The van der Waals surface area contributed by atoms with Crippen molar-refractivity contribution in [3.8, 4) is 0 Å². The molecule has 0 aromatic carbocycles. The van der Waals surface area contributed by atoms with Gasteiger partial charge in [-0.2, -0.15) is 0 Å². The highest BCUT2D eigenvalue weighted by atomic mass is 16.7. The van der Waals surface area contributed by atoms with Crippen LogP contribution in [-0.2, 0) is 28.5 Å². The Balaban J connectivity index is 1.47. The van der Waals surface area contributed by atoms with E-state index in [1.54, 1.807) is 6.07 Å². The fourth-order valence-corrected chi connectivity index (χ4v) is 7.24. The molecule has 5 rings (SSSR count). The van der Waals surface area contributed by atoms with Crippen molar-refractivity contribution in [1.82, 2.24) is 0 Å². The van der Waals surface area contributed by atoms with Gasteiger partial charge in [-0.05, 0) is 36.7 Å². The number of hydrogen-bond donors (Lipinski definition) is 5. The molecule has 12 heteroatoms. The van der Waals surface area contributed by atoms with E-state index < -0.39 is 84.9 Å². The van der Waals surface area contributed by atoms with Gasteiger partial charge in [0, 0.05) is 24.8 Å². The molecule has 212 valence electrons. The molecule has 3 heterocycles. The van der Waals surface area contributed by atoms with E-state index in [0.29, 0.717) is 24.8 Å². The molecule has 13 atom stereocenters. The van der Waals surface area contributed by atoms with Gasteiger partial charge in [0.1, 0.15) is 36.6 Å². The number of carbonyl (C=O) groups is 2. The van der Waals surface area contributed by atoms with Crippen molar-refractivity contribution in [2.75, 3.05) is 6.61 Å². The summed E-state index contributed by atoms with van der Waals surface area (Å²) < 4.78 is 28.4. The molecule has 4 fully saturated rings. The lowest BCUT2D eigenvalue weighted by molar-refractivity contribution is -0.328. The average molecular weight is 541 g/mol. The van der Waals surface area contributed by atoms with Crippen LogP contribution in [0, 0.1) is 23.2 Å². The Labute approximate surface area is 219 Å². The molecule has 0 amide bonds. The van der Waals surface area contributed by atoms with Gasteiger partial charge in [0.15, 0.2) is 6.29 Å². The number of hydrogen-bond acceptors (Lipinski definition) is 12. The van der Waals surface area contributed by atoms with Gasteiger partial charge >= 0.3 is 11.9 Å². The van der Waals surface area contributed by atoms with Crippen molar-refractivity contribution in [1.29, 1.82) is 0 Å². The van der Waals surface area contributed by atoms with Crippen LogP contribution in [-0.4, -0.2) is 93.1 Å². The Kier molecular flexibility index (Phi) is 7.59. The van der Waals surface area contributed by atoms with Gasteiger partial charge in [-0.1, -0.05) is 6.92 Å². The molecule has 2 aliphatic heterocycles. The number of cyclic esters (lactones) is 1. The molecule has 4 aliphatic rings. The molecule has 1 aromatic rings. The number of esters is 2. The molecule has 5 N–H and O–H groups in total. The second kappa shape index (κ2) is 10.5. The molecule has 0 spiro atoms. The second-order valence-corrected chi connectivity index (χ2v) is 11.3. The Morgan fingerprint density at radius 2 is 1.92 bits per heavy atom. The smallest absolute Gasteiger partial charge is 0.310 e. The van der Waals surface area contributed by atoms with Crippen LogP contribution >= 0.6 is 0 Å². The van der Waals surface area contributed by atoms with E-state index in [1.165, 1.54) is 19.5 Å². The number of ether oxygens (including phenoxy) is 4. The maximum atomic E-state index is 13.2. The summed E-state index contributed by atoms with van der Waals surface area (Å²) in [4.78, 5) is 25.3. The number of aliphatic hydroxyl groups excluding tert-OH is 5. The van der Waals surface area contributed by atoms with Gasteiger partial charge in [-0.25, -0.2) is 0 Å². The van der Waals surface area contributed by atoms with Crippen LogP contribution in [0.4, 0.5) is 0 Å². The van der Waals surface area contributed by atoms with E-state index in [9.17, 15) is 35.1 Å². The van der Waals surface area contributed by atoms with Crippen LogP contribution in [0.1, 0.15) is 51.2 Å². The van der Waals surface area contributed by atoms with Crippen molar-refractivity contribution < 1.29 is 58.5 Å². The summed E-state index contributed by atoms with van der Waals surface area (Å²) in [5, 5.41) is 51.7. The minimum Gasteiger partial charge on any atom is -0.472 e. The number of fused-ring (bicyclic) bond motifs is 3. The third kappa shape index (κ3) is 4.66. The van der Waals surface area contributed by atoms with E-state index in [4.69, 9.17) is 23.4 Å². The maximum Gasteiger partial charge on any atom is 0.310 e. The lowest BCUT2D eigenvalue weighted by Gasteiger charge is -2.59. The molecule has 38 heavy (non-hydrogen) atoms. The molecule has 1 aromatic heterocycles. The Hall–Kier alpha value is -2.06. The van der Waals surface area contributed by atoms with Crippen molar-refractivity contribution in [2.45, 2.75) is 94.7 Å². The first-order valence-electron chi connectivity index (χ1n) is 13.1. The fourth-order valence-electron chi connectivity index (χ4n) is 7.24. The summed E-state index contributed by atoms with van der Waals surface area (Å²) in [5.74, 6) is -2.24. The molecule has 0 unspecified atom stereocenters. The number of aliphatic hydroxyl groups is 5. The largest absolute Gasteiger partial charge is 0.472 e. The molecular weight excluding hydrogens is 504 g/mol. The van der Waals surface area contributed by atoms with Gasteiger partial charge in [0.2, 0.25) is 0 Å². The zero-order valence-electron chi connectivity index (χ0n) is 21.3. The summed E-state index contributed by atoms with van der Waals surface area (Å²) in [6.45, 7) is 2.61. The Morgan fingerprint density at radius 3 is 2.58 bits per heavy atom. The van der Waals surface area contributed by atoms with Crippen LogP contribution in [0.5, 0.6) is 0 Å². The molecule has 2 aliphatic carbocycles. The summed E-state index contributed by atoms with van der Waals surface area (Å²) >= 11 is 0. The van der Waals surface area contributed by atoms with E-state index in [2.05, 4.69) is 0 Å². The third-order valence-corrected chi connectivity index (χ3v) is 9.03. The first kappa shape index (κ1) is 27.5. The standard InChI is InChI=1S/C26H36O12/c1-11(28)35-23-15(29)7-16(37-25-22(32)21(31)20(30)18(9-27)38-25)13-3-4-14-24(33)36-17(12-5-6-34-10-12)8-26(14,2)19(13)23/h5-6,10,13-23,25,27,29-32H,3-4,7-9H2,1-2H3/t13-,14-,15+,16-,17+,18+,19-,20+,21-,22+,23-,25-,26-/m0/s1. The van der Waals surface area contributed by atoms with E-state index in [1.807, 2.05) is 6.92 Å². The lowest BCUT2D eigenvalue weighted by Crippen LogP contribution is -2.65. The van der Waals surface area contributed by atoms with Gasteiger partial charge in [0.25, 0.3) is 0 Å². The van der Waals surface area contributed by atoms with Crippen LogP contribution in [0.3, 0.4) is 0 Å². The number of carbonyl (C=O) groups excluding carboxylic acids is 2. The highest BCUT2D eigenvalue weighted by molar-refractivity contribution is 5.75. The zero-order chi connectivity index (χ0) is 27.4. The monoisotopic (exact) mass is 540 g/mol. The molecule has 0 radical (unpaired) electrons. The Bertz CT molecular complexity index is 996. The molecule has 2 saturated carbocycles.